The minimum atomic E-state index is -0.241. The van der Waals surface area contributed by atoms with Gasteiger partial charge in [-0.1, -0.05) is 12.1 Å². The first kappa shape index (κ1) is 14.0. The summed E-state index contributed by atoms with van der Waals surface area (Å²) in [5, 5.41) is 14.8. The van der Waals surface area contributed by atoms with Crippen LogP contribution in [-0.2, 0) is 6.54 Å². The highest BCUT2D eigenvalue weighted by atomic mass is 19.1. The molecule has 3 rings (SSSR count). The normalized spacial score (nSPS) is 13.5. The van der Waals surface area contributed by atoms with Crippen molar-refractivity contribution < 1.29 is 4.39 Å². The van der Waals surface area contributed by atoms with Crippen molar-refractivity contribution in [3.63, 3.8) is 0 Å². The van der Waals surface area contributed by atoms with E-state index >= 15 is 0 Å². The van der Waals surface area contributed by atoms with Gasteiger partial charge in [0.05, 0.1) is 11.6 Å². The zero-order valence-corrected chi connectivity index (χ0v) is 11.8. The zero-order valence-electron chi connectivity index (χ0n) is 11.8. The Kier molecular flexibility index (Phi) is 3.99. The highest BCUT2D eigenvalue weighted by Crippen LogP contribution is 2.16. The number of nitrogens with zero attached hydrogens (tertiary/aromatic N) is 4. The van der Waals surface area contributed by atoms with Crippen molar-refractivity contribution in [1.29, 1.82) is 5.26 Å². The maximum Gasteiger partial charge on any atom is 0.130 e. The van der Waals surface area contributed by atoms with Gasteiger partial charge in [-0.2, -0.15) is 10.4 Å². The Morgan fingerprint density at radius 2 is 1.86 bits per heavy atom. The summed E-state index contributed by atoms with van der Waals surface area (Å²) in [7, 11) is 0. The topological polar surface area (TPSA) is 54.7 Å². The number of hydrogen-bond acceptors (Lipinski definition) is 5. The molecular weight excluding hydrogens is 281 g/mol. The van der Waals surface area contributed by atoms with Crippen LogP contribution in [0.15, 0.2) is 53.6 Å². The zero-order chi connectivity index (χ0) is 15.4. The molecule has 1 aliphatic heterocycles. The van der Waals surface area contributed by atoms with E-state index in [0.29, 0.717) is 18.8 Å². The summed E-state index contributed by atoms with van der Waals surface area (Å²) in [5.41, 5.74) is 5.74. The molecule has 0 amide bonds. The number of hydrogen-bond donors (Lipinski definition) is 1. The highest BCUT2D eigenvalue weighted by Gasteiger charge is 2.15. The summed E-state index contributed by atoms with van der Waals surface area (Å²) in [6, 6.07) is 15.8. The molecule has 0 saturated heterocycles. The van der Waals surface area contributed by atoms with Gasteiger partial charge in [0.1, 0.15) is 18.8 Å². The molecule has 0 unspecified atom stereocenters. The van der Waals surface area contributed by atoms with E-state index in [1.807, 2.05) is 17.0 Å². The Hall–Kier alpha value is -2.91. The SMILES string of the molecule is N#Cc1ccc(N2C=NN(NCc3ccc(F)cc3)C2)cc1. The summed E-state index contributed by atoms with van der Waals surface area (Å²) >= 11 is 0. The van der Waals surface area contributed by atoms with E-state index in [2.05, 4.69) is 16.6 Å². The van der Waals surface area contributed by atoms with Gasteiger partial charge < -0.3 is 4.90 Å². The van der Waals surface area contributed by atoms with Gasteiger partial charge >= 0.3 is 0 Å². The molecule has 0 spiro atoms. The Bertz CT molecular complexity index is 703. The van der Waals surface area contributed by atoms with Gasteiger partial charge in [0.2, 0.25) is 0 Å². The van der Waals surface area contributed by atoms with E-state index in [-0.39, 0.29) is 5.82 Å². The van der Waals surface area contributed by atoms with Crippen molar-refractivity contribution in [3.8, 4) is 6.07 Å². The van der Waals surface area contributed by atoms with Crippen molar-refractivity contribution in [1.82, 2.24) is 10.5 Å². The lowest BCUT2D eigenvalue weighted by molar-refractivity contribution is 0.215. The lowest BCUT2D eigenvalue weighted by atomic mass is 10.2. The van der Waals surface area contributed by atoms with Crippen molar-refractivity contribution in [2.45, 2.75) is 6.54 Å². The van der Waals surface area contributed by atoms with Crippen LogP contribution in [-0.4, -0.2) is 18.1 Å². The molecule has 0 atom stereocenters. The summed E-state index contributed by atoms with van der Waals surface area (Å²) in [6.07, 6.45) is 1.72. The summed E-state index contributed by atoms with van der Waals surface area (Å²) in [4.78, 5) is 1.96. The average molecular weight is 295 g/mol. The molecule has 110 valence electrons. The van der Waals surface area contributed by atoms with Gasteiger partial charge in [0.15, 0.2) is 0 Å². The largest absolute Gasteiger partial charge is 0.309 e. The number of hydrazine groups is 1. The van der Waals surface area contributed by atoms with E-state index in [1.165, 1.54) is 12.1 Å². The van der Waals surface area contributed by atoms with Gasteiger partial charge in [-0.25, -0.2) is 14.9 Å². The van der Waals surface area contributed by atoms with E-state index < -0.39 is 0 Å². The van der Waals surface area contributed by atoms with E-state index in [9.17, 15) is 4.39 Å². The maximum absolute atomic E-state index is 12.8. The van der Waals surface area contributed by atoms with Gasteiger partial charge in [0, 0.05) is 12.2 Å². The van der Waals surface area contributed by atoms with Crippen molar-refractivity contribution >= 4 is 12.0 Å². The number of rotatable bonds is 4. The van der Waals surface area contributed by atoms with E-state index in [0.717, 1.165) is 11.3 Å². The molecule has 0 bridgehead atoms. The molecule has 6 heteroatoms. The van der Waals surface area contributed by atoms with Crippen molar-refractivity contribution in [2.24, 2.45) is 5.10 Å². The van der Waals surface area contributed by atoms with Gasteiger partial charge in [-0.3, -0.25) is 0 Å². The average Bonchev–Trinajstić information content (AvgIpc) is 3.03. The lowest BCUT2D eigenvalue weighted by Gasteiger charge is -2.19. The molecular formula is C16H14FN5. The van der Waals surface area contributed by atoms with Crippen LogP contribution in [0.4, 0.5) is 10.1 Å². The molecule has 2 aromatic rings. The molecule has 1 aliphatic rings. The fourth-order valence-corrected chi connectivity index (χ4v) is 2.09. The van der Waals surface area contributed by atoms with Crippen LogP contribution in [0.3, 0.4) is 0 Å². The van der Waals surface area contributed by atoms with Gasteiger partial charge in [0.25, 0.3) is 0 Å². The number of anilines is 1. The van der Waals surface area contributed by atoms with Crippen LogP contribution >= 0.6 is 0 Å². The number of hydrazone groups is 1. The first-order chi connectivity index (χ1) is 10.7. The fourth-order valence-electron chi connectivity index (χ4n) is 2.09. The highest BCUT2D eigenvalue weighted by molar-refractivity contribution is 5.80. The van der Waals surface area contributed by atoms with E-state index in [1.54, 1.807) is 35.7 Å². The first-order valence-electron chi connectivity index (χ1n) is 6.81. The van der Waals surface area contributed by atoms with Gasteiger partial charge in [-0.05, 0) is 42.0 Å². The van der Waals surface area contributed by atoms with E-state index in [4.69, 9.17) is 5.26 Å². The Morgan fingerprint density at radius 3 is 2.55 bits per heavy atom. The second kappa shape index (κ2) is 6.24. The molecule has 0 saturated carbocycles. The number of nitriles is 1. The standard InChI is InChI=1S/C16H14FN5/c17-15-5-1-14(2-6-15)10-19-22-12-21(11-20-22)16-7-3-13(9-18)4-8-16/h1-8,11,19H,10,12H2. The monoisotopic (exact) mass is 295 g/mol. The molecule has 1 heterocycles. The second-order valence-electron chi connectivity index (χ2n) is 4.86. The first-order valence-corrected chi connectivity index (χ1v) is 6.81. The molecule has 0 radical (unpaired) electrons. The van der Waals surface area contributed by atoms with Crippen LogP contribution in [0.1, 0.15) is 11.1 Å². The van der Waals surface area contributed by atoms with Gasteiger partial charge in [-0.15, -0.1) is 0 Å². The third-order valence-electron chi connectivity index (χ3n) is 3.32. The third-order valence-corrected chi connectivity index (χ3v) is 3.32. The Labute approximate surface area is 127 Å². The minimum Gasteiger partial charge on any atom is -0.309 e. The molecule has 0 aromatic heterocycles. The number of benzene rings is 2. The summed E-state index contributed by atoms with van der Waals surface area (Å²) in [5.74, 6) is -0.241. The van der Waals surface area contributed by atoms with Crippen molar-refractivity contribution in [3.05, 3.63) is 65.5 Å². The third kappa shape index (κ3) is 3.22. The quantitative estimate of drug-likeness (QED) is 0.941. The van der Waals surface area contributed by atoms with Crippen LogP contribution < -0.4 is 10.3 Å². The summed E-state index contributed by atoms with van der Waals surface area (Å²) in [6.45, 7) is 1.13. The predicted molar refractivity (Wildman–Crippen MR) is 82.1 cm³/mol. The molecule has 0 fully saturated rings. The molecule has 22 heavy (non-hydrogen) atoms. The smallest absolute Gasteiger partial charge is 0.130 e. The lowest BCUT2D eigenvalue weighted by Crippen LogP contribution is -2.36. The molecule has 1 N–H and O–H groups in total. The predicted octanol–water partition coefficient (Wildman–Crippen LogP) is 2.42. The molecule has 2 aromatic carbocycles. The van der Waals surface area contributed by atoms with Crippen LogP contribution in [0.25, 0.3) is 0 Å². The molecule has 0 aliphatic carbocycles. The van der Waals surface area contributed by atoms with Crippen LogP contribution in [0.2, 0.25) is 0 Å². The maximum atomic E-state index is 12.8. The number of nitrogens with one attached hydrogen (secondary N) is 1. The fraction of sp³-hybridized carbons (Fsp3) is 0.125. The Balaban J connectivity index is 1.55. The minimum absolute atomic E-state index is 0.241. The Morgan fingerprint density at radius 1 is 1.14 bits per heavy atom. The van der Waals surface area contributed by atoms with Crippen LogP contribution in [0, 0.1) is 17.1 Å². The summed E-state index contributed by atoms with van der Waals surface area (Å²) < 4.78 is 12.8. The van der Waals surface area contributed by atoms with Crippen molar-refractivity contribution in [2.75, 3.05) is 11.6 Å². The van der Waals surface area contributed by atoms with Crippen LogP contribution in [0.5, 0.6) is 0 Å². The number of halogens is 1. The second-order valence-corrected chi connectivity index (χ2v) is 4.86. The molecule has 5 nitrogen and oxygen atoms in total.